The fourth-order valence-electron chi connectivity index (χ4n) is 5.92. The molecule has 0 aliphatic heterocycles. The summed E-state index contributed by atoms with van der Waals surface area (Å²) in [7, 11) is 0. The topological polar surface area (TPSA) is 21.1 Å². The van der Waals surface area contributed by atoms with Gasteiger partial charge in [0.1, 0.15) is 0 Å². The molecule has 2 aromatic heterocycles. The van der Waals surface area contributed by atoms with Crippen molar-refractivity contribution in [3.05, 3.63) is 140 Å². The van der Waals surface area contributed by atoms with Crippen LogP contribution in [0.1, 0.15) is 0 Å². The summed E-state index contributed by atoms with van der Waals surface area (Å²) in [6.07, 6.45) is 3.70. The quantitative estimate of drug-likeness (QED) is 0.233. The summed E-state index contributed by atoms with van der Waals surface area (Å²) in [5, 5.41) is 12.4. The van der Waals surface area contributed by atoms with Crippen LogP contribution in [0.15, 0.2) is 140 Å². The van der Waals surface area contributed by atoms with Gasteiger partial charge in [-0.05, 0) is 74.8 Å². The Hall–Kier alpha value is -5.15. The summed E-state index contributed by atoms with van der Waals surface area (Å²) < 4.78 is 2.35. The van der Waals surface area contributed by atoms with Crippen molar-refractivity contribution < 1.29 is 0 Å². The smallest absolute Gasteiger partial charge is 0.0722 e. The van der Waals surface area contributed by atoms with Crippen LogP contribution in [0.3, 0.4) is 0 Å². The largest absolute Gasteiger partial charge is 0.265 e. The maximum absolute atomic E-state index is 4.28. The molecule has 0 bridgehead atoms. The third kappa shape index (κ3) is 3.06. The lowest BCUT2D eigenvalue weighted by molar-refractivity contribution is 0.885. The van der Waals surface area contributed by atoms with Gasteiger partial charge in [-0.25, -0.2) is 9.69 Å². The van der Waals surface area contributed by atoms with Gasteiger partial charge in [0.2, 0.25) is 0 Å². The zero-order chi connectivity index (χ0) is 25.1. The summed E-state index contributed by atoms with van der Waals surface area (Å²) in [5.41, 5.74) is 4.47. The van der Waals surface area contributed by atoms with Crippen molar-refractivity contribution >= 4 is 65.5 Å². The highest BCUT2D eigenvalue weighted by Gasteiger charge is 2.20. The van der Waals surface area contributed by atoms with Crippen LogP contribution in [0.4, 0.5) is 11.4 Å². The highest BCUT2D eigenvalue weighted by atomic mass is 15.6. The summed E-state index contributed by atoms with van der Waals surface area (Å²) in [6.45, 7) is 0. The number of pyridine rings is 1. The SMILES string of the molecule is c1ccc(N(c2ccncc2)n2c3ccccc3c3cc4c(ccc5c6ccccc6ccc45)cc32)cc1. The monoisotopic (exact) mass is 485 g/mol. The van der Waals surface area contributed by atoms with E-state index in [0.717, 1.165) is 16.9 Å². The molecule has 0 saturated heterocycles. The van der Waals surface area contributed by atoms with E-state index in [2.05, 4.69) is 142 Å². The zero-order valence-corrected chi connectivity index (χ0v) is 20.6. The number of hydrogen-bond acceptors (Lipinski definition) is 2. The van der Waals surface area contributed by atoms with Crippen LogP contribution in [0, 0.1) is 0 Å². The van der Waals surface area contributed by atoms with Crippen molar-refractivity contribution in [2.24, 2.45) is 0 Å². The number of fused-ring (bicyclic) bond motifs is 8. The number of hydrogen-bond donors (Lipinski definition) is 0. The molecule has 0 spiro atoms. The molecule has 178 valence electrons. The zero-order valence-electron chi connectivity index (χ0n) is 20.6. The van der Waals surface area contributed by atoms with E-state index in [1.165, 1.54) is 48.6 Å². The molecule has 0 saturated carbocycles. The van der Waals surface area contributed by atoms with Crippen LogP contribution in [-0.4, -0.2) is 9.66 Å². The first-order valence-corrected chi connectivity index (χ1v) is 12.9. The Balaban J connectivity index is 1.50. The first-order valence-electron chi connectivity index (χ1n) is 12.9. The van der Waals surface area contributed by atoms with Crippen LogP contribution < -0.4 is 5.01 Å². The van der Waals surface area contributed by atoms with Gasteiger partial charge in [0.05, 0.1) is 22.4 Å². The van der Waals surface area contributed by atoms with Crippen molar-refractivity contribution in [1.29, 1.82) is 0 Å². The van der Waals surface area contributed by atoms with Crippen molar-refractivity contribution in [3.63, 3.8) is 0 Å². The average molecular weight is 486 g/mol. The van der Waals surface area contributed by atoms with Gasteiger partial charge in [-0.1, -0.05) is 84.9 Å². The lowest BCUT2D eigenvalue weighted by Gasteiger charge is -2.28. The molecule has 0 atom stereocenters. The minimum Gasteiger partial charge on any atom is -0.265 e. The van der Waals surface area contributed by atoms with Crippen molar-refractivity contribution in [3.8, 4) is 0 Å². The molecule has 38 heavy (non-hydrogen) atoms. The highest BCUT2D eigenvalue weighted by molar-refractivity contribution is 6.21. The fourth-order valence-corrected chi connectivity index (χ4v) is 5.92. The maximum atomic E-state index is 4.28. The molecule has 0 amide bonds. The summed E-state index contributed by atoms with van der Waals surface area (Å²) >= 11 is 0. The van der Waals surface area contributed by atoms with Crippen molar-refractivity contribution in [2.45, 2.75) is 0 Å². The van der Waals surface area contributed by atoms with Crippen LogP contribution in [-0.2, 0) is 0 Å². The van der Waals surface area contributed by atoms with Crippen LogP contribution in [0.5, 0.6) is 0 Å². The number of rotatable bonds is 3. The first kappa shape index (κ1) is 21.0. The standard InChI is InChI=1S/C35H23N3/c1-2-9-26(10-3-1)37(27-18-20-36-21-19-27)38-34-13-7-6-12-31(34)33-23-32-25(22-35(33)38)15-17-29-28-11-5-4-8-24(28)14-16-30(29)32/h1-23H. The van der Waals surface area contributed by atoms with E-state index in [1.54, 1.807) is 0 Å². The Labute approximate surface area is 219 Å². The molecule has 0 unspecified atom stereocenters. The van der Waals surface area contributed by atoms with E-state index in [0.29, 0.717) is 0 Å². The molecule has 2 heterocycles. The van der Waals surface area contributed by atoms with E-state index < -0.39 is 0 Å². The average Bonchev–Trinajstić information content (AvgIpc) is 3.30. The number of nitrogens with zero attached hydrogens (tertiary/aromatic N) is 3. The second kappa shape index (κ2) is 8.19. The molecule has 0 radical (unpaired) electrons. The van der Waals surface area contributed by atoms with Crippen LogP contribution in [0.25, 0.3) is 54.1 Å². The van der Waals surface area contributed by atoms with Gasteiger partial charge in [-0.2, -0.15) is 0 Å². The van der Waals surface area contributed by atoms with Crippen molar-refractivity contribution in [2.75, 3.05) is 5.01 Å². The van der Waals surface area contributed by atoms with Gasteiger partial charge in [0.25, 0.3) is 0 Å². The van der Waals surface area contributed by atoms with Gasteiger partial charge in [-0.3, -0.25) is 4.98 Å². The highest BCUT2D eigenvalue weighted by Crippen LogP contribution is 2.39. The Kier molecular flexibility index (Phi) is 4.52. The molecule has 0 aliphatic carbocycles. The van der Waals surface area contributed by atoms with E-state index in [1.807, 2.05) is 12.4 Å². The first-order chi connectivity index (χ1) is 18.9. The molecule has 6 aromatic carbocycles. The van der Waals surface area contributed by atoms with Gasteiger partial charge >= 0.3 is 0 Å². The van der Waals surface area contributed by atoms with Gasteiger partial charge in [0.15, 0.2) is 0 Å². The summed E-state index contributed by atoms with van der Waals surface area (Å²) in [5.74, 6) is 0. The van der Waals surface area contributed by atoms with Crippen LogP contribution >= 0.6 is 0 Å². The molecule has 0 N–H and O–H groups in total. The van der Waals surface area contributed by atoms with Gasteiger partial charge in [-0.15, -0.1) is 0 Å². The third-order valence-corrected chi connectivity index (χ3v) is 7.62. The predicted molar refractivity (Wildman–Crippen MR) is 160 cm³/mol. The van der Waals surface area contributed by atoms with Gasteiger partial charge < -0.3 is 0 Å². The van der Waals surface area contributed by atoms with E-state index in [4.69, 9.17) is 0 Å². The minimum absolute atomic E-state index is 1.05. The van der Waals surface area contributed by atoms with E-state index in [-0.39, 0.29) is 0 Å². The molecule has 0 aliphatic rings. The normalized spacial score (nSPS) is 11.7. The Morgan fingerprint density at radius 3 is 1.92 bits per heavy atom. The summed E-state index contributed by atoms with van der Waals surface area (Å²) in [4.78, 5) is 4.28. The van der Waals surface area contributed by atoms with Crippen molar-refractivity contribution in [1.82, 2.24) is 9.66 Å². The maximum Gasteiger partial charge on any atom is 0.0722 e. The third-order valence-electron chi connectivity index (χ3n) is 7.62. The Bertz CT molecular complexity index is 2090. The Morgan fingerprint density at radius 1 is 0.421 bits per heavy atom. The number of para-hydroxylation sites is 2. The second-order valence-corrected chi connectivity index (χ2v) is 9.72. The summed E-state index contributed by atoms with van der Waals surface area (Å²) in [6, 6.07) is 45.8. The molecule has 3 nitrogen and oxygen atoms in total. The molecular weight excluding hydrogens is 462 g/mol. The molecule has 0 fully saturated rings. The van der Waals surface area contributed by atoms with E-state index in [9.17, 15) is 0 Å². The van der Waals surface area contributed by atoms with E-state index >= 15 is 0 Å². The molecule has 3 heteroatoms. The second-order valence-electron chi connectivity index (χ2n) is 9.72. The molecular formula is C35H23N3. The predicted octanol–water partition coefficient (Wildman–Crippen LogP) is 9.25. The molecule has 8 rings (SSSR count). The number of anilines is 2. The number of aromatic nitrogens is 2. The van der Waals surface area contributed by atoms with Crippen LogP contribution in [0.2, 0.25) is 0 Å². The molecule has 8 aromatic rings. The Morgan fingerprint density at radius 2 is 1.08 bits per heavy atom. The lowest BCUT2D eigenvalue weighted by atomic mass is 9.96. The minimum atomic E-state index is 1.05. The fraction of sp³-hybridized carbons (Fsp3) is 0. The lowest BCUT2D eigenvalue weighted by Crippen LogP contribution is -2.23. The number of benzene rings is 6. The van der Waals surface area contributed by atoms with Gasteiger partial charge in [0, 0.05) is 23.2 Å².